The number of thiophene rings is 1. The average Bonchev–Trinajstić information content (AvgIpc) is 2.97. The minimum atomic E-state index is 0.698. The van der Waals surface area contributed by atoms with E-state index in [-0.39, 0.29) is 0 Å². The van der Waals surface area contributed by atoms with Crippen molar-refractivity contribution in [2.75, 3.05) is 0 Å². The van der Waals surface area contributed by atoms with Crippen LogP contribution >= 0.6 is 11.3 Å². The monoisotopic (exact) mass is 261 g/mol. The summed E-state index contributed by atoms with van der Waals surface area (Å²) in [6.07, 6.45) is 1.93. The van der Waals surface area contributed by atoms with Crippen molar-refractivity contribution in [3.63, 3.8) is 0 Å². The number of allylic oxidation sites excluding steroid dienone is 1. The number of nitriles is 1. The maximum Gasteiger partial charge on any atom is 0.0998 e. The number of hydrogen-bond acceptors (Lipinski definition) is 2. The molecule has 0 saturated heterocycles. The molecular weight excluding hydrogens is 250 g/mol. The highest BCUT2D eigenvalue weighted by Crippen LogP contribution is 2.23. The molecule has 0 atom stereocenters. The fourth-order valence-corrected chi connectivity index (χ4v) is 2.68. The summed E-state index contributed by atoms with van der Waals surface area (Å²) in [7, 11) is 0. The topological polar surface area (TPSA) is 23.8 Å². The van der Waals surface area contributed by atoms with E-state index in [0.717, 1.165) is 16.5 Å². The van der Waals surface area contributed by atoms with Crippen LogP contribution in [-0.4, -0.2) is 0 Å². The van der Waals surface area contributed by atoms with E-state index in [0.29, 0.717) is 5.57 Å². The van der Waals surface area contributed by atoms with Crippen LogP contribution in [0.4, 0.5) is 0 Å². The fraction of sp³-hybridized carbons (Fsp3) is 0. The maximum atomic E-state index is 9.34. The molecule has 0 N–H and O–H groups in total. The molecule has 0 aliphatic carbocycles. The van der Waals surface area contributed by atoms with Gasteiger partial charge in [-0.2, -0.15) is 16.6 Å². The van der Waals surface area contributed by atoms with Crippen LogP contribution in [0.5, 0.6) is 0 Å². The molecule has 0 fully saturated rings. The SMILES string of the molecule is N#C/C(=C/c1ccsc1)c1ccc2ccccc2c1. The van der Waals surface area contributed by atoms with Crippen LogP contribution in [0.1, 0.15) is 11.1 Å². The first-order valence-electron chi connectivity index (χ1n) is 6.00. The Hall–Kier alpha value is -2.37. The summed E-state index contributed by atoms with van der Waals surface area (Å²) < 4.78 is 0. The van der Waals surface area contributed by atoms with Crippen LogP contribution in [0.25, 0.3) is 22.4 Å². The van der Waals surface area contributed by atoms with Gasteiger partial charge in [0.05, 0.1) is 11.6 Å². The van der Waals surface area contributed by atoms with Crippen LogP contribution in [0.3, 0.4) is 0 Å². The van der Waals surface area contributed by atoms with Crippen molar-refractivity contribution < 1.29 is 0 Å². The van der Waals surface area contributed by atoms with Gasteiger partial charge in [0.2, 0.25) is 0 Å². The van der Waals surface area contributed by atoms with Crippen LogP contribution in [0.15, 0.2) is 59.3 Å². The Balaban J connectivity index is 2.10. The highest BCUT2D eigenvalue weighted by molar-refractivity contribution is 7.08. The van der Waals surface area contributed by atoms with Gasteiger partial charge in [0.25, 0.3) is 0 Å². The second kappa shape index (κ2) is 5.09. The van der Waals surface area contributed by atoms with Crippen molar-refractivity contribution >= 4 is 33.8 Å². The summed E-state index contributed by atoms with van der Waals surface area (Å²) >= 11 is 1.64. The third kappa shape index (κ3) is 2.42. The Kier molecular flexibility index (Phi) is 3.14. The highest BCUT2D eigenvalue weighted by Gasteiger charge is 2.02. The van der Waals surface area contributed by atoms with Gasteiger partial charge in [0.1, 0.15) is 0 Å². The van der Waals surface area contributed by atoms with Gasteiger partial charge in [-0.25, -0.2) is 0 Å². The summed E-state index contributed by atoms with van der Waals surface area (Å²) in [5, 5.41) is 15.7. The van der Waals surface area contributed by atoms with Gasteiger partial charge < -0.3 is 0 Å². The van der Waals surface area contributed by atoms with E-state index in [1.807, 2.05) is 41.1 Å². The predicted molar refractivity (Wildman–Crippen MR) is 81.8 cm³/mol. The van der Waals surface area contributed by atoms with Gasteiger partial charge >= 0.3 is 0 Å². The Morgan fingerprint density at radius 1 is 1.05 bits per heavy atom. The normalized spacial score (nSPS) is 11.4. The first-order chi connectivity index (χ1) is 9.36. The lowest BCUT2D eigenvalue weighted by Gasteiger charge is -2.02. The molecule has 2 aromatic carbocycles. The van der Waals surface area contributed by atoms with E-state index in [1.54, 1.807) is 11.3 Å². The van der Waals surface area contributed by atoms with Gasteiger partial charge in [-0.05, 0) is 50.9 Å². The second-order valence-electron chi connectivity index (χ2n) is 4.29. The lowest BCUT2D eigenvalue weighted by Crippen LogP contribution is -1.82. The van der Waals surface area contributed by atoms with E-state index in [4.69, 9.17) is 0 Å². The molecule has 0 radical (unpaired) electrons. The summed E-state index contributed by atoms with van der Waals surface area (Å²) in [6.45, 7) is 0. The van der Waals surface area contributed by atoms with Crippen molar-refractivity contribution in [3.05, 3.63) is 70.4 Å². The number of benzene rings is 2. The smallest absolute Gasteiger partial charge is 0.0998 e. The van der Waals surface area contributed by atoms with E-state index >= 15 is 0 Å². The molecule has 1 heterocycles. The lowest BCUT2D eigenvalue weighted by atomic mass is 10.0. The van der Waals surface area contributed by atoms with Gasteiger partial charge in [0.15, 0.2) is 0 Å². The molecule has 0 spiro atoms. The maximum absolute atomic E-state index is 9.34. The summed E-state index contributed by atoms with van der Waals surface area (Å²) in [6, 6.07) is 18.6. The zero-order valence-electron chi connectivity index (χ0n) is 10.2. The van der Waals surface area contributed by atoms with Crippen molar-refractivity contribution in [2.24, 2.45) is 0 Å². The largest absolute Gasteiger partial charge is 0.192 e. The quantitative estimate of drug-likeness (QED) is 0.598. The number of hydrogen-bond donors (Lipinski definition) is 0. The van der Waals surface area contributed by atoms with Crippen LogP contribution in [0, 0.1) is 11.3 Å². The lowest BCUT2D eigenvalue weighted by molar-refractivity contribution is 1.53. The molecule has 19 heavy (non-hydrogen) atoms. The summed E-state index contributed by atoms with van der Waals surface area (Å²) in [5.41, 5.74) is 2.74. The number of rotatable bonds is 2. The Morgan fingerprint density at radius 2 is 1.89 bits per heavy atom. The first kappa shape index (κ1) is 11.7. The average molecular weight is 261 g/mol. The van der Waals surface area contributed by atoms with E-state index < -0.39 is 0 Å². The molecule has 3 rings (SSSR count). The molecule has 0 aliphatic heterocycles. The van der Waals surface area contributed by atoms with Crippen LogP contribution < -0.4 is 0 Å². The van der Waals surface area contributed by atoms with Gasteiger partial charge in [0, 0.05) is 0 Å². The Labute approximate surface area is 116 Å². The minimum absolute atomic E-state index is 0.698. The van der Waals surface area contributed by atoms with E-state index in [2.05, 4.69) is 30.3 Å². The van der Waals surface area contributed by atoms with Crippen molar-refractivity contribution in [1.29, 1.82) is 5.26 Å². The Morgan fingerprint density at radius 3 is 2.63 bits per heavy atom. The van der Waals surface area contributed by atoms with Crippen molar-refractivity contribution in [2.45, 2.75) is 0 Å². The number of nitrogens with zero attached hydrogens (tertiary/aromatic N) is 1. The first-order valence-corrected chi connectivity index (χ1v) is 6.94. The molecule has 0 amide bonds. The molecule has 3 aromatic rings. The molecular formula is C17H11NS. The van der Waals surface area contributed by atoms with Gasteiger partial charge in [-0.15, -0.1) is 0 Å². The fourth-order valence-electron chi connectivity index (χ4n) is 2.06. The molecule has 0 aliphatic rings. The highest BCUT2D eigenvalue weighted by atomic mass is 32.1. The molecule has 2 heteroatoms. The third-order valence-electron chi connectivity index (χ3n) is 3.04. The zero-order valence-corrected chi connectivity index (χ0v) is 11.0. The van der Waals surface area contributed by atoms with Gasteiger partial charge in [-0.1, -0.05) is 36.4 Å². The Bertz CT molecular complexity index is 776. The third-order valence-corrected chi connectivity index (χ3v) is 3.74. The second-order valence-corrected chi connectivity index (χ2v) is 5.07. The zero-order chi connectivity index (χ0) is 13.1. The standard InChI is InChI=1S/C17H11NS/c18-11-17(9-13-7-8-19-12-13)16-6-5-14-3-1-2-4-15(14)10-16/h1-10,12H/b17-9-. The molecule has 90 valence electrons. The molecule has 1 aromatic heterocycles. The molecule has 0 bridgehead atoms. The van der Waals surface area contributed by atoms with E-state index in [1.165, 1.54) is 5.39 Å². The molecule has 1 nitrogen and oxygen atoms in total. The number of fused-ring (bicyclic) bond motifs is 1. The summed E-state index contributed by atoms with van der Waals surface area (Å²) in [4.78, 5) is 0. The van der Waals surface area contributed by atoms with Gasteiger partial charge in [-0.3, -0.25) is 0 Å². The van der Waals surface area contributed by atoms with Crippen molar-refractivity contribution in [3.8, 4) is 6.07 Å². The van der Waals surface area contributed by atoms with Crippen molar-refractivity contribution in [1.82, 2.24) is 0 Å². The minimum Gasteiger partial charge on any atom is -0.192 e. The van der Waals surface area contributed by atoms with Crippen LogP contribution in [-0.2, 0) is 0 Å². The molecule has 0 unspecified atom stereocenters. The predicted octanol–water partition coefficient (Wildman–Crippen LogP) is 4.97. The van der Waals surface area contributed by atoms with Crippen LogP contribution in [0.2, 0.25) is 0 Å². The van der Waals surface area contributed by atoms with E-state index in [9.17, 15) is 5.26 Å². The molecule has 0 saturated carbocycles. The summed E-state index contributed by atoms with van der Waals surface area (Å²) in [5.74, 6) is 0.